The first kappa shape index (κ1) is 14.8. The molecular weight excluding hydrogens is 236 g/mol. The molecule has 3 nitrogen and oxygen atoms in total. The highest BCUT2D eigenvalue weighted by Crippen LogP contribution is 2.31. The topological polar surface area (TPSA) is 32.3 Å². The Morgan fingerprint density at radius 2 is 2.16 bits per heavy atom. The molecule has 0 aromatic heterocycles. The summed E-state index contributed by atoms with van der Waals surface area (Å²) in [6.45, 7) is 7.99. The van der Waals surface area contributed by atoms with E-state index in [1.165, 1.54) is 38.8 Å². The molecule has 0 spiro atoms. The highest BCUT2D eigenvalue weighted by molar-refractivity contribution is 5.76. The smallest absolute Gasteiger partial charge is 0.220 e. The van der Waals surface area contributed by atoms with E-state index in [1.54, 1.807) is 0 Å². The Hall–Kier alpha value is -0.570. The first-order chi connectivity index (χ1) is 9.17. The molecule has 0 unspecified atom stereocenters. The number of rotatable bonds is 5. The van der Waals surface area contributed by atoms with Gasteiger partial charge in [-0.2, -0.15) is 0 Å². The Morgan fingerprint density at radius 1 is 1.32 bits per heavy atom. The number of nitrogens with zero attached hydrogens (tertiary/aromatic N) is 1. The lowest BCUT2D eigenvalue weighted by Crippen LogP contribution is -2.48. The Labute approximate surface area is 118 Å². The van der Waals surface area contributed by atoms with Crippen LogP contribution in [0.3, 0.4) is 0 Å². The maximum absolute atomic E-state index is 11.7. The molecule has 0 aromatic rings. The number of nitrogens with one attached hydrogen (secondary N) is 1. The van der Waals surface area contributed by atoms with Gasteiger partial charge in [0.2, 0.25) is 5.91 Å². The Kier molecular flexibility index (Phi) is 5.68. The van der Waals surface area contributed by atoms with Crippen LogP contribution in [0.1, 0.15) is 58.8 Å². The molecule has 1 aliphatic heterocycles. The molecule has 1 amide bonds. The van der Waals surface area contributed by atoms with E-state index in [-0.39, 0.29) is 5.91 Å². The van der Waals surface area contributed by atoms with Gasteiger partial charge in [0, 0.05) is 25.6 Å². The molecule has 1 saturated carbocycles. The van der Waals surface area contributed by atoms with Gasteiger partial charge >= 0.3 is 0 Å². The first-order valence-corrected chi connectivity index (χ1v) is 8.19. The molecule has 1 aliphatic carbocycles. The van der Waals surface area contributed by atoms with Crippen molar-refractivity contribution in [2.75, 3.05) is 19.6 Å². The van der Waals surface area contributed by atoms with Gasteiger partial charge in [-0.3, -0.25) is 4.79 Å². The molecule has 2 rings (SSSR count). The third kappa shape index (κ3) is 4.79. The van der Waals surface area contributed by atoms with Gasteiger partial charge in [-0.1, -0.05) is 20.3 Å². The van der Waals surface area contributed by atoms with Crippen molar-refractivity contribution in [3.05, 3.63) is 0 Å². The third-order valence-electron chi connectivity index (χ3n) is 4.67. The van der Waals surface area contributed by atoms with Gasteiger partial charge in [0.05, 0.1) is 0 Å². The molecule has 2 aliphatic rings. The fraction of sp³-hybridized carbons (Fsp3) is 0.938. The summed E-state index contributed by atoms with van der Waals surface area (Å²) >= 11 is 0. The van der Waals surface area contributed by atoms with Crippen molar-refractivity contribution in [2.24, 2.45) is 11.8 Å². The number of amides is 1. The van der Waals surface area contributed by atoms with Gasteiger partial charge in [0.25, 0.3) is 0 Å². The molecule has 0 radical (unpaired) electrons. The van der Waals surface area contributed by atoms with Crippen LogP contribution in [0, 0.1) is 11.8 Å². The number of carbonyl (C=O) groups excluding carboxylic acids is 1. The van der Waals surface area contributed by atoms with E-state index < -0.39 is 0 Å². The third-order valence-corrected chi connectivity index (χ3v) is 4.67. The van der Waals surface area contributed by atoms with Crippen molar-refractivity contribution in [3.8, 4) is 0 Å². The molecule has 1 N–H and O–H groups in total. The van der Waals surface area contributed by atoms with Crippen molar-refractivity contribution in [1.29, 1.82) is 0 Å². The van der Waals surface area contributed by atoms with Crippen LogP contribution in [0.2, 0.25) is 0 Å². The fourth-order valence-corrected chi connectivity index (χ4v) is 3.72. The first-order valence-electron chi connectivity index (χ1n) is 8.19. The lowest BCUT2D eigenvalue weighted by atomic mass is 10.0. The highest BCUT2D eigenvalue weighted by atomic mass is 16.1. The zero-order chi connectivity index (χ0) is 13.7. The minimum atomic E-state index is 0.240. The van der Waals surface area contributed by atoms with Crippen LogP contribution >= 0.6 is 0 Å². The summed E-state index contributed by atoms with van der Waals surface area (Å²) in [5, 5.41) is 3.20. The number of hydrogen-bond donors (Lipinski definition) is 1. The number of hydrogen-bond acceptors (Lipinski definition) is 2. The minimum absolute atomic E-state index is 0.240. The van der Waals surface area contributed by atoms with E-state index >= 15 is 0 Å². The average Bonchev–Trinajstić information content (AvgIpc) is 2.75. The van der Waals surface area contributed by atoms with E-state index in [1.807, 2.05) is 0 Å². The molecule has 1 heterocycles. The largest absolute Gasteiger partial charge is 0.352 e. The molecule has 0 aromatic carbocycles. The van der Waals surface area contributed by atoms with Crippen LogP contribution in [0.15, 0.2) is 0 Å². The summed E-state index contributed by atoms with van der Waals surface area (Å²) in [4.78, 5) is 14.3. The summed E-state index contributed by atoms with van der Waals surface area (Å²) in [5.74, 6) is 2.07. The predicted octanol–water partition coefficient (Wildman–Crippen LogP) is 2.80. The average molecular weight is 266 g/mol. The molecule has 3 atom stereocenters. The second kappa shape index (κ2) is 7.28. The minimum Gasteiger partial charge on any atom is -0.352 e. The molecule has 19 heavy (non-hydrogen) atoms. The van der Waals surface area contributed by atoms with E-state index in [2.05, 4.69) is 24.1 Å². The van der Waals surface area contributed by atoms with Crippen molar-refractivity contribution >= 4 is 5.91 Å². The van der Waals surface area contributed by atoms with Gasteiger partial charge in [-0.15, -0.1) is 0 Å². The summed E-state index contributed by atoms with van der Waals surface area (Å²) in [6, 6.07) is 0.395. The van der Waals surface area contributed by atoms with Gasteiger partial charge in [0.1, 0.15) is 0 Å². The van der Waals surface area contributed by atoms with Crippen molar-refractivity contribution in [1.82, 2.24) is 10.2 Å². The zero-order valence-electron chi connectivity index (χ0n) is 12.7. The Balaban J connectivity index is 1.72. The van der Waals surface area contributed by atoms with E-state index in [0.717, 1.165) is 31.2 Å². The Morgan fingerprint density at radius 3 is 2.84 bits per heavy atom. The van der Waals surface area contributed by atoms with E-state index in [4.69, 9.17) is 0 Å². The molecule has 2 fully saturated rings. The molecule has 110 valence electrons. The normalized spacial score (nSPS) is 32.4. The van der Waals surface area contributed by atoms with Crippen LogP contribution in [0.25, 0.3) is 0 Å². The lowest BCUT2D eigenvalue weighted by molar-refractivity contribution is -0.122. The van der Waals surface area contributed by atoms with Crippen LogP contribution < -0.4 is 5.32 Å². The van der Waals surface area contributed by atoms with Crippen LogP contribution in [0.4, 0.5) is 0 Å². The van der Waals surface area contributed by atoms with Crippen molar-refractivity contribution < 1.29 is 4.79 Å². The van der Waals surface area contributed by atoms with Gasteiger partial charge in [-0.25, -0.2) is 0 Å². The van der Waals surface area contributed by atoms with Crippen molar-refractivity contribution in [3.63, 3.8) is 0 Å². The molecule has 0 bridgehead atoms. The summed E-state index contributed by atoms with van der Waals surface area (Å²) in [5.41, 5.74) is 0. The summed E-state index contributed by atoms with van der Waals surface area (Å²) < 4.78 is 0. The monoisotopic (exact) mass is 266 g/mol. The highest BCUT2D eigenvalue weighted by Gasteiger charge is 2.26. The van der Waals surface area contributed by atoms with Gasteiger partial charge in [0.15, 0.2) is 0 Å². The maximum Gasteiger partial charge on any atom is 0.220 e. The second-order valence-corrected chi connectivity index (χ2v) is 6.70. The predicted molar refractivity (Wildman–Crippen MR) is 79.0 cm³/mol. The van der Waals surface area contributed by atoms with Crippen molar-refractivity contribution in [2.45, 2.75) is 64.8 Å². The van der Waals surface area contributed by atoms with Crippen LogP contribution in [0.5, 0.6) is 0 Å². The summed E-state index contributed by atoms with van der Waals surface area (Å²) in [7, 11) is 0. The van der Waals surface area contributed by atoms with E-state index in [0.29, 0.717) is 12.5 Å². The molecule has 1 saturated heterocycles. The van der Waals surface area contributed by atoms with Gasteiger partial charge in [-0.05, 0) is 50.5 Å². The quantitative estimate of drug-likeness (QED) is 0.830. The second-order valence-electron chi connectivity index (χ2n) is 6.70. The van der Waals surface area contributed by atoms with E-state index in [9.17, 15) is 4.79 Å². The SMILES string of the molecule is CCCC(=O)N[C@@H]1CCCN(C[C@@H]2CC[C@@H](C)C2)C1. The zero-order valence-corrected chi connectivity index (χ0v) is 12.7. The number of carbonyl (C=O) groups is 1. The number of piperidine rings is 1. The van der Waals surface area contributed by atoms with Gasteiger partial charge < -0.3 is 10.2 Å². The maximum atomic E-state index is 11.7. The number of likely N-dealkylation sites (tertiary alicyclic amines) is 1. The molecular formula is C16H30N2O. The standard InChI is InChI=1S/C16H30N2O/c1-3-5-16(19)17-15-6-4-9-18(12-15)11-14-8-7-13(2)10-14/h13-15H,3-12H2,1-2H3,(H,17,19)/t13-,14-,15-/m1/s1. The Bertz CT molecular complexity index is 292. The lowest BCUT2D eigenvalue weighted by Gasteiger charge is -2.34. The molecule has 3 heteroatoms. The summed E-state index contributed by atoms with van der Waals surface area (Å²) in [6.07, 6.45) is 8.24. The van der Waals surface area contributed by atoms with Crippen LogP contribution in [-0.2, 0) is 4.79 Å². The fourth-order valence-electron chi connectivity index (χ4n) is 3.72. The van der Waals surface area contributed by atoms with Crippen LogP contribution in [-0.4, -0.2) is 36.5 Å².